The Morgan fingerprint density at radius 1 is 1.36 bits per heavy atom. The number of allylic oxidation sites excluding steroid dienone is 1. The van der Waals surface area contributed by atoms with E-state index in [1.165, 1.54) is 40.9 Å². The number of carbonyl (C=O) groups is 1. The van der Waals surface area contributed by atoms with Gasteiger partial charge in [-0.2, -0.15) is 0 Å². The van der Waals surface area contributed by atoms with Crippen molar-refractivity contribution in [1.29, 1.82) is 0 Å². The van der Waals surface area contributed by atoms with E-state index >= 15 is 0 Å². The molecule has 0 saturated carbocycles. The van der Waals surface area contributed by atoms with E-state index in [-0.39, 0.29) is 11.5 Å². The van der Waals surface area contributed by atoms with E-state index in [1.807, 2.05) is 25.3 Å². The van der Waals surface area contributed by atoms with Crippen LogP contribution in [-0.4, -0.2) is 20.6 Å². The molecule has 7 nitrogen and oxygen atoms in total. The summed E-state index contributed by atoms with van der Waals surface area (Å²) in [5.41, 5.74) is 1.62. The van der Waals surface area contributed by atoms with E-state index < -0.39 is 0 Å². The molecule has 0 saturated heterocycles. The van der Waals surface area contributed by atoms with Gasteiger partial charge in [0.2, 0.25) is 0 Å². The fourth-order valence-corrected chi connectivity index (χ4v) is 4.84. The summed E-state index contributed by atoms with van der Waals surface area (Å²) in [5, 5.41) is 5.91. The zero-order valence-electron chi connectivity index (χ0n) is 18.1. The summed E-state index contributed by atoms with van der Waals surface area (Å²) < 4.78 is 1.03. The summed E-state index contributed by atoms with van der Waals surface area (Å²) in [6, 6.07) is 10.4. The molecule has 0 unspecified atom stereocenters. The van der Waals surface area contributed by atoms with Crippen LogP contribution in [0.5, 0.6) is 0 Å². The molecule has 2 heterocycles. The van der Waals surface area contributed by atoms with E-state index in [0.29, 0.717) is 37.8 Å². The molecular formula is C22H23N5O2S4. The second-order valence-corrected chi connectivity index (χ2v) is 10.5. The van der Waals surface area contributed by atoms with Crippen LogP contribution in [0.3, 0.4) is 0 Å². The number of carbonyl (C=O) groups excluding carboxylic acids is 1. The predicted octanol–water partition coefficient (Wildman–Crippen LogP) is 5.56. The molecule has 0 bridgehead atoms. The minimum absolute atomic E-state index is 0.160. The number of thioether (sulfide) groups is 2. The lowest BCUT2D eigenvalue weighted by atomic mass is 10.2. The Labute approximate surface area is 210 Å². The largest absolute Gasteiger partial charge is 0.334 e. The van der Waals surface area contributed by atoms with Crippen molar-refractivity contribution in [2.24, 2.45) is 4.99 Å². The van der Waals surface area contributed by atoms with E-state index in [4.69, 9.17) is 5.84 Å². The third-order valence-corrected chi connectivity index (χ3v) is 7.51. The number of aromatic nitrogens is 2. The smallest absolute Gasteiger partial charge is 0.272 e. The molecule has 0 aliphatic heterocycles. The number of hydrogen-bond donors (Lipinski definition) is 3. The van der Waals surface area contributed by atoms with Crippen molar-refractivity contribution in [3.8, 4) is 0 Å². The van der Waals surface area contributed by atoms with Crippen molar-refractivity contribution in [2.75, 3.05) is 11.2 Å². The van der Waals surface area contributed by atoms with Crippen LogP contribution >= 0.6 is 47.5 Å². The average Bonchev–Trinajstić information content (AvgIpc) is 3.32. The van der Waals surface area contributed by atoms with Gasteiger partial charge in [-0.25, -0.2) is 14.7 Å². The van der Waals surface area contributed by atoms with Crippen LogP contribution in [0.1, 0.15) is 35.6 Å². The number of amides is 1. The fourth-order valence-electron chi connectivity index (χ4n) is 2.54. The normalized spacial score (nSPS) is 11.4. The highest BCUT2D eigenvalue weighted by Crippen LogP contribution is 2.29. The Morgan fingerprint density at radius 2 is 2.15 bits per heavy atom. The van der Waals surface area contributed by atoms with Crippen molar-refractivity contribution in [3.63, 3.8) is 0 Å². The molecule has 1 amide bonds. The summed E-state index contributed by atoms with van der Waals surface area (Å²) in [5.74, 6) is 6.12. The molecule has 3 rings (SSSR count). The minimum Gasteiger partial charge on any atom is -0.334 e. The van der Waals surface area contributed by atoms with Gasteiger partial charge >= 0.3 is 0 Å². The number of nitrogen functional groups attached to an aromatic ring is 1. The number of benzene rings is 1. The average molecular weight is 518 g/mol. The molecule has 33 heavy (non-hydrogen) atoms. The number of thiophene rings is 1. The summed E-state index contributed by atoms with van der Waals surface area (Å²) >= 11 is 8.65. The first-order chi connectivity index (χ1) is 15.8. The maximum atomic E-state index is 12.2. The van der Waals surface area contributed by atoms with Crippen LogP contribution in [0.15, 0.2) is 73.1 Å². The number of nitrogens with one attached hydrogen (secondary N) is 1. The first-order valence-electron chi connectivity index (χ1n) is 9.86. The summed E-state index contributed by atoms with van der Waals surface area (Å²) in [6.45, 7) is 7.79. The second-order valence-electron chi connectivity index (χ2n) is 6.79. The van der Waals surface area contributed by atoms with Gasteiger partial charge in [-0.05, 0) is 47.9 Å². The van der Waals surface area contributed by atoms with Gasteiger partial charge in [0.1, 0.15) is 0 Å². The Morgan fingerprint density at radius 3 is 2.82 bits per heavy atom. The molecule has 0 aliphatic carbocycles. The summed E-state index contributed by atoms with van der Waals surface area (Å²) in [7, 11) is 0. The zero-order chi connectivity index (χ0) is 24.0. The van der Waals surface area contributed by atoms with E-state index in [0.717, 1.165) is 21.0 Å². The molecule has 1 aromatic carbocycles. The first kappa shape index (κ1) is 25.2. The molecule has 172 valence electrons. The van der Waals surface area contributed by atoms with E-state index in [2.05, 4.69) is 34.5 Å². The number of nitrogens with zero attached hydrogens (tertiary/aromatic N) is 3. The van der Waals surface area contributed by atoms with Gasteiger partial charge in [-0.15, -0.1) is 35.7 Å². The first-order valence-corrected chi connectivity index (χ1v) is 13.0. The molecule has 0 spiro atoms. The highest BCUT2D eigenvalue weighted by atomic mass is 32.2. The number of aliphatic imine (C=N–C) groups is 1. The van der Waals surface area contributed by atoms with Gasteiger partial charge in [0, 0.05) is 22.4 Å². The molecular weight excluding hydrogens is 495 g/mol. The van der Waals surface area contributed by atoms with Gasteiger partial charge in [0.15, 0.2) is 5.16 Å². The van der Waals surface area contributed by atoms with E-state index in [1.54, 1.807) is 24.3 Å². The summed E-state index contributed by atoms with van der Waals surface area (Å²) in [4.78, 5) is 35.6. The monoisotopic (exact) mass is 517 g/mol. The Bertz CT molecular complexity index is 1250. The summed E-state index contributed by atoms with van der Waals surface area (Å²) in [6.07, 6.45) is 0.758. The highest BCUT2D eigenvalue weighted by molar-refractivity contribution is 8.13. The Kier molecular flexibility index (Phi) is 8.84. The number of anilines is 1. The fraction of sp³-hybridized carbons (Fsp3) is 0.182. The number of hydrogen-bond acceptors (Lipinski definition) is 9. The lowest BCUT2D eigenvalue weighted by Crippen LogP contribution is -2.29. The lowest BCUT2D eigenvalue weighted by molar-refractivity contribution is 0.103. The van der Waals surface area contributed by atoms with Gasteiger partial charge in [0.25, 0.3) is 11.5 Å². The topological polar surface area (TPSA) is 102 Å². The standard InChI is InChI=1S/C22H23N5O2S4/c1-4-13(2)33-22-26-16(11-20(28)27(22)23)12-32-14(3)24-17-8-7-15(10-18(17)30)25-21(29)19-6-5-9-31-19/h5-11,30H,2,4,12,23H2,1,3H3,(H,25,29). The Hall–Kier alpha value is -2.47. The van der Waals surface area contributed by atoms with Gasteiger partial charge in [0.05, 0.1) is 21.3 Å². The van der Waals surface area contributed by atoms with Crippen molar-refractivity contribution >= 4 is 69.8 Å². The van der Waals surface area contributed by atoms with Gasteiger partial charge in [-0.1, -0.05) is 31.3 Å². The van der Waals surface area contributed by atoms with Crippen molar-refractivity contribution < 1.29 is 4.79 Å². The SMILES string of the molecule is C=C(CC)Sc1nc(CSC(C)=Nc2ccc(NC(=O)c3cccs3)cc2S)cc(=O)n1N. The minimum atomic E-state index is -0.320. The third kappa shape index (κ3) is 7.00. The van der Waals surface area contributed by atoms with Crippen LogP contribution in [0.25, 0.3) is 0 Å². The van der Waals surface area contributed by atoms with E-state index in [9.17, 15) is 9.59 Å². The van der Waals surface area contributed by atoms with Crippen molar-refractivity contribution in [1.82, 2.24) is 9.66 Å². The van der Waals surface area contributed by atoms with Crippen LogP contribution in [0, 0.1) is 0 Å². The van der Waals surface area contributed by atoms with Crippen LogP contribution < -0.4 is 16.7 Å². The lowest BCUT2D eigenvalue weighted by Gasteiger charge is -2.09. The third-order valence-electron chi connectivity index (χ3n) is 4.29. The molecule has 0 atom stereocenters. The Balaban J connectivity index is 1.67. The van der Waals surface area contributed by atoms with Crippen LogP contribution in [0.2, 0.25) is 0 Å². The molecule has 0 aliphatic rings. The van der Waals surface area contributed by atoms with Gasteiger partial charge < -0.3 is 11.2 Å². The van der Waals surface area contributed by atoms with Crippen LogP contribution in [0.4, 0.5) is 11.4 Å². The second kappa shape index (κ2) is 11.6. The number of nitrogens with two attached hydrogens (primary N) is 1. The number of thiol groups is 1. The molecule has 2 aromatic heterocycles. The maximum Gasteiger partial charge on any atom is 0.272 e. The molecule has 3 N–H and O–H groups in total. The van der Waals surface area contributed by atoms with Crippen LogP contribution in [-0.2, 0) is 5.75 Å². The molecule has 3 aromatic rings. The number of rotatable bonds is 8. The van der Waals surface area contributed by atoms with Crippen molar-refractivity contribution in [2.45, 2.75) is 36.1 Å². The van der Waals surface area contributed by atoms with Crippen molar-refractivity contribution in [3.05, 3.63) is 74.2 Å². The molecule has 11 heteroatoms. The van der Waals surface area contributed by atoms with Gasteiger partial charge in [-0.3, -0.25) is 9.59 Å². The highest BCUT2D eigenvalue weighted by Gasteiger charge is 2.11. The zero-order valence-corrected chi connectivity index (χ0v) is 21.4. The molecule has 0 fully saturated rings. The maximum absolute atomic E-state index is 12.2. The predicted molar refractivity (Wildman–Crippen MR) is 144 cm³/mol. The quantitative estimate of drug-likeness (QED) is 0.0903. The molecule has 0 radical (unpaired) electrons.